The molecule has 3 rings (SSSR count). The van der Waals surface area contributed by atoms with Crippen LogP contribution in [0.25, 0.3) is 0 Å². The van der Waals surface area contributed by atoms with E-state index in [-0.39, 0.29) is 17.2 Å². The van der Waals surface area contributed by atoms with Gasteiger partial charge in [-0.2, -0.15) is 4.31 Å². The van der Waals surface area contributed by atoms with Gasteiger partial charge in [-0.15, -0.1) is 0 Å². The van der Waals surface area contributed by atoms with Crippen molar-refractivity contribution in [3.05, 3.63) is 47.5 Å². The molecule has 2 aromatic carbocycles. The molecule has 0 bridgehead atoms. The molecule has 0 atom stereocenters. The van der Waals surface area contributed by atoms with Gasteiger partial charge in [-0.1, -0.05) is 12.5 Å². The maximum absolute atomic E-state index is 13.0. The zero-order valence-corrected chi connectivity index (χ0v) is 20.9. The first-order chi connectivity index (χ1) is 16.4. The molecule has 186 valence electrons. The van der Waals surface area contributed by atoms with E-state index < -0.39 is 10.0 Å². The van der Waals surface area contributed by atoms with Gasteiger partial charge < -0.3 is 19.5 Å². The van der Waals surface area contributed by atoms with Crippen molar-refractivity contribution in [1.29, 1.82) is 0 Å². The van der Waals surface area contributed by atoms with Gasteiger partial charge >= 0.3 is 0 Å². The summed E-state index contributed by atoms with van der Waals surface area (Å²) in [4.78, 5) is 12.8. The molecule has 0 radical (unpaired) electrons. The Morgan fingerprint density at radius 3 is 2.35 bits per heavy atom. The summed E-state index contributed by atoms with van der Waals surface area (Å²) in [6.07, 6.45) is 3.38. The van der Waals surface area contributed by atoms with E-state index >= 15 is 0 Å². The molecule has 0 saturated carbocycles. The number of aryl methyl sites for hydroxylation is 1. The summed E-state index contributed by atoms with van der Waals surface area (Å²) in [5.74, 6) is 1.71. The number of piperidine rings is 1. The van der Waals surface area contributed by atoms with Gasteiger partial charge in [0.2, 0.25) is 15.9 Å². The summed E-state index contributed by atoms with van der Waals surface area (Å²) in [7, 11) is -0.431. The molecule has 1 fully saturated rings. The molecule has 1 aliphatic heterocycles. The second-order valence-corrected chi connectivity index (χ2v) is 10.1. The summed E-state index contributed by atoms with van der Waals surface area (Å²) < 4.78 is 43.9. The first kappa shape index (κ1) is 25.8. The normalized spacial score (nSPS) is 14.4. The van der Waals surface area contributed by atoms with Crippen LogP contribution in [0.2, 0.25) is 0 Å². The second kappa shape index (κ2) is 12.1. The number of benzene rings is 2. The van der Waals surface area contributed by atoms with Gasteiger partial charge in [0.05, 0.1) is 25.7 Å². The summed E-state index contributed by atoms with van der Waals surface area (Å²) in [5, 5.41) is 2.91. The van der Waals surface area contributed by atoms with Crippen molar-refractivity contribution in [2.24, 2.45) is 0 Å². The molecule has 8 nitrogen and oxygen atoms in total. The van der Waals surface area contributed by atoms with Crippen molar-refractivity contribution in [3.8, 4) is 17.2 Å². The van der Waals surface area contributed by atoms with Crippen molar-refractivity contribution < 1.29 is 27.4 Å². The fraction of sp³-hybridized carbons (Fsp3) is 0.480. The minimum Gasteiger partial charge on any atom is -0.496 e. The van der Waals surface area contributed by atoms with Crippen molar-refractivity contribution in [2.75, 3.05) is 33.9 Å². The number of carbonyl (C=O) groups is 1. The van der Waals surface area contributed by atoms with Crippen LogP contribution < -0.4 is 19.5 Å². The topological polar surface area (TPSA) is 94.2 Å². The lowest BCUT2D eigenvalue weighted by atomic mass is 10.1. The lowest BCUT2D eigenvalue weighted by Crippen LogP contribution is -2.35. The Morgan fingerprint density at radius 1 is 0.971 bits per heavy atom. The van der Waals surface area contributed by atoms with Gasteiger partial charge in [0.1, 0.15) is 5.75 Å². The number of nitrogens with zero attached hydrogens (tertiary/aromatic N) is 1. The molecule has 1 N–H and O–H groups in total. The zero-order chi connectivity index (χ0) is 24.6. The largest absolute Gasteiger partial charge is 0.496 e. The number of nitrogens with one attached hydrogen (secondary N) is 1. The minimum atomic E-state index is -3.55. The maximum atomic E-state index is 13.0. The van der Waals surface area contributed by atoms with Crippen molar-refractivity contribution >= 4 is 15.9 Å². The molecule has 1 saturated heterocycles. The number of carbonyl (C=O) groups excluding carboxylic acids is 1. The number of hydrogen-bond donors (Lipinski definition) is 1. The van der Waals surface area contributed by atoms with Crippen LogP contribution >= 0.6 is 0 Å². The molecular formula is C25H34N2O6S. The van der Waals surface area contributed by atoms with Crippen molar-refractivity contribution in [3.63, 3.8) is 0 Å². The molecule has 0 spiro atoms. The average Bonchev–Trinajstić information content (AvgIpc) is 2.86. The Labute approximate surface area is 202 Å². The summed E-state index contributed by atoms with van der Waals surface area (Å²) in [5.41, 5.74) is 1.59. The third-order valence-corrected chi connectivity index (χ3v) is 7.74. The van der Waals surface area contributed by atoms with E-state index in [1.165, 1.54) is 7.11 Å². The highest BCUT2D eigenvalue weighted by atomic mass is 32.2. The van der Waals surface area contributed by atoms with E-state index in [1.54, 1.807) is 29.6 Å². The van der Waals surface area contributed by atoms with Crippen LogP contribution in [0.15, 0.2) is 41.3 Å². The smallest absolute Gasteiger partial charge is 0.243 e. The minimum absolute atomic E-state index is 0.139. The Kier molecular flexibility index (Phi) is 9.18. The molecule has 34 heavy (non-hydrogen) atoms. The second-order valence-electron chi connectivity index (χ2n) is 8.13. The lowest BCUT2D eigenvalue weighted by Gasteiger charge is -2.26. The van der Waals surface area contributed by atoms with E-state index in [9.17, 15) is 13.2 Å². The average molecular weight is 491 g/mol. The number of ether oxygens (including phenoxy) is 3. The first-order valence-corrected chi connectivity index (χ1v) is 13.1. The molecule has 0 aliphatic carbocycles. The lowest BCUT2D eigenvalue weighted by molar-refractivity contribution is -0.121. The van der Waals surface area contributed by atoms with Crippen LogP contribution in [0.5, 0.6) is 17.2 Å². The van der Waals surface area contributed by atoms with Gasteiger partial charge in [0.25, 0.3) is 0 Å². The molecule has 9 heteroatoms. The van der Waals surface area contributed by atoms with Gasteiger partial charge in [-0.25, -0.2) is 8.42 Å². The van der Waals surface area contributed by atoms with Crippen LogP contribution in [-0.4, -0.2) is 52.5 Å². The summed E-state index contributed by atoms with van der Waals surface area (Å²) in [6, 6.07) is 10.4. The number of amides is 1. The fourth-order valence-corrected chi connectivity index (χ4v) is 5.57. The van der Waals surface area contributed by atoms with E-state index in [0.717, 1.165) is 24.8 Å². The predicted octanol–water partition coefficient (Wildman–Crippen LogP) is 3.53. The molecule has 1 amide bonds. The monoisotopic (exact) mass is 490 g/mol. The quantitative estimate of drug-likeness (QED) is 0.518. The van der Waals surface area contributed by atoms with Gasteiger partial charge in [-0.3, -0.25) is 4.79 Å². The van der Waals surface area contributed by atoms with E-state index in [4.69, 9.17) is 14.2 Å². The van der Waals surface area contributed by atoms with E-state index in [0.29, 0.717) is 55.5 Å². The highest BCUT2D eigenvalue weighted by Crippen LogP contribution is 2.29. The van der Waals surface area contributed by atoms with Crippen LogP contribution in [0.3, 0.4) is 0 Å². The molecule has 0 unspecified atom stereocenters. The van der Waals surface area contributed by atoms with Gasteiger partial charge in [-0.05, 0) is 67.6 Å². The molecule has 0 aromatic heterocycles. The van der Waals surface area contributed by atoms with Crippen molar-refractivity contribution in [1.82, 2.24) is 9.62 Å². The maximum Gasteiger partial charge on any atom is 0.243 e. The Bertz CT molecular complexity index is 1080. The van der Waals surface area contributed by atoms with Crippen LogP contribution in [0.4, 0.5) is 0 Å². The highest BCUT2D eigenvalue weighted by molar-refractivity contribution is 7.89. The summed E-state index contributed by atoms with van der Waals surface area (Å²) in [6.45, 7) is 3.85. The highest BCUT2D eigenvalue weighted by Gasteiger charge is 2.26. The van der Waals surface area contributed by atoms with E-state index in [1.807, 2.05) is 25.1 Å². The SMILES string of the molecule is CCOc1cc(CNC(=O)CCc2cc(S(=O)(=O)N3CCCCC3)ccc2OC)ccc1OC. The van der Waals surface area contributed by atoms with Gasteiger partial charge in [0, 0.05) is 26.1 Å². The zero-order valence-electron chi connectivity index (χ0n) is 20.1. The van der Waals surface area contributed by atoms with E-state index in [2.05, 4.69) is 5.32 Å². The van der Waals surface area contributed by atoms with Crippen LogP contribution in [0.1, 0.15) is 43.7 Å². The first-order valence-electron chi connectivity index (χ1n) is 11.6. The molecule has 2 aromatic rings. The Morgan fingerprint density at radius 2 is 1.68 bits per heavy atom. The number of hydrogen-bond acceptors (Lipinski definition) is 6. The number of sulfonamides is 1. The third kappa shape index (κ3) is 6.42. The standard InChI is InChI=1S/C25H34N2O6S/c1-4-33-24-16-19(8-11-23(24)32-3)18-26-25(28)13-9-20-17-21(10-12-22(20)31-2)34(29,30)27-14-6-5-7-15-27/h8,10-12,16-17H,4-7,9,13-15,18H2,1-3H3,(H,26,28). The van der Waals surface area contributed by atoms with Crippen LogP contribution in [-0.2, 0) is 27.8 Å². The molecule has 1 heterocycles. The van der Waals surface area contributed by atoms with Crippen molar-refractivity contribution in [2.45, 2.75) is 50.5 Å². The third-order valence-electron chi connectivity index (χ3n) is 5.84. The predicted molar refractivity (Wildman–Crippen MR) is 130 cm³/mol. The number of rotatable bonds is 11. The Hall–Kier alpha value is -2.78. The number of methoxy groups -OCH3 is 2. The summed E-state index contributed by atoms with van der Waals surface area (Å²) >= 11 is 0. The Balaban J connectivity index is 1.63. The molecular weight excluding hydrogens is 456 g/mol. The molecule has 1 aliphatic rings. The van der Waals surface area contributed by atoms with Crippen LogP contribution in [0, 0.1) is 0 Å². The van der Waals surface area contributed by atoms with Gasteiger partial charge in [0.15, 0.2) is 11.5 Å². The fourth-order valence-electron chi connectivity index (χ4n) is 4.00.